The number of aliphatic hydroxyl groups excluding tert-OH is 2. The first kappa shape index (κ1) is 13.2. The predicted octanol–water partition coefficient (Wildman–Crippen LogP) is 2.04. The Hall–Kier alpha value is -0.840. The van der Waals surface area contributed by atoms with Crippen molar-refractivity contribution >= 4 is 15.9 Å². The summed E-state index contributed by atoms with van der Waals surface area (Å²) in [6, 6.07) is 6.97. The minimum absolute atomic E-state index is 0.336. The average Bonchev–Trinajstić information content (AvgIpc) is 2.35. The van der Waals surface area contributed by atoms with Gasteiger partial charge in [-0.2, -0.15) is 0 Å². The van der Waals surface area contributed by atoms with E-state index in [-0.39, 0.29) is 0 Å². The Morgan fingerprint density at radius 1 is 1.31 bits per heavy atom. The van der Waals surface area contributed by atoms with Gasteiger partial charge in [0.1, 0.15) is 18.5 Å². The molecule has 4 heteroatoms. The molecule has 0 aliphatic rings. The maximum Gasteiger partial charge on any atom is 0.119 e. The first-order valence-electron chi connectivity index (χ1n) is 4.94. The van der Waals surface area contributed by atoms with Gasteiger partial charge in [-0.15, -0.1) is 0 Å². The monoisotopic (exact) mass is 286 g/mol. The molecule has 1 aromatic rings. The first-order valence-corrected chi connectivity index (χ1v) is 6.07. The molecule has 1 rings (SSSR count). The summed E-state index contributed by atoms with van der Waals surface area (Å²) >= 11 is 3.12. The van der Waals surface area contributed by atoms with Crippen molar-refractivity contribution in [2.75, 3.05) is 11.9 Å². The van der Waals surface area contributed by atoms with E-state index in [0.717, 1.165) is 0 Å². The Labute approximate surface area is 104 Å². The number of hydrogen-bond donors (Lipinski definition) is 2. The summed E-state index contributed by atoms with van der Waals surface area (Å²) in [5.74, 6) is 0.712. The van der Waals surface area contributed by atoms with Crippen molar-refractivity contribution in [3.8, 4) is 5.75 Å². The molecule has 0 spiro atoms. The van der Waals surface area contributed by atoms with Crippen LogP contribution in [-0.2, 0) is 0 Å². The Bertz CT molecular complexity index is 324. The molecule has 2 atom stereocenters. The molecule has 0 saturated carbocycles. The third-order valence-electron chi connectivity index (χ3n) is 2.11. The number of rotatable bonds is 6. The number of benzene rings is 1. The molecule has 2 unspecified atom stereocenters. The van der Waals surface area contributed by atoms with E-state index >= 15 is 0 Å². The van der Waals surface area contributed by atoms with Crippen molar-refractivity contribution in [2.24, 2.45) is 0 Å². The minimum Gasteiger partial charge on any atom is -0.490 e. The van der Waals surface area contributed by atoms with E-state index < -0.39 is 12.2 Å². The molecule has 0 amide bonds. The maximum atomic E-state index is 9.72. The molecule has 0 bridgehead atoms. The Morgan fingerprint density at radius 2 is 1.94 bits per heavy atom. The summed E-state index contributed by atoms with van der Waals surface area (Å²) in [4.78, 5) is 0. The van der Waals surface area contributed by atoms with E-state index in [0.29, 0.717) is 23.2 Å². The third kappa shape index (κ3) is 3.63. The molecule has 0 saturated heterocycles. The van der Waals surface area contributed by atoms with Crippen LogP contribution in [0.1, 0.15) is 11.7 Å². The number of aliphatic hydroxyl groups is 2. The van der Waals surface area contributed by atoms with Gasteiger partial charge >= 0.3 is 0 Å². The van der Waals surface area contributed by atoms with E-state index in [1.165, 1.54) is 0 Å². The Morgan fingerprint density at radius 3 is 2.44 bits per heavy atom. The lowest BCUT2D eigenvalue weighted by atomic mass is 10.1. The van der Waals surface area contributed by atoms with Gasteiger partial charge in [-0.05, 0) is 17.7 Å². The quantitative estimate of drug-likeness (QED) is 0.622. The molecule has 0 fully saturated rings. The van der Waals surface area contributed by atoms with Crippen LogP contribution in [0, 0.1) is 0 Å². The van der Waals surface area contributed by atoms with Crippen molar-refractivity contribution in [3.63, 3.8) is 0 Å². The van der Waals surface area contributed by atoms with Crippen LogP contribution in [0.2, 0.25) is 0 Å². The highest BCUT2D eigenvalue weighted by Gasteiger charge is 2.16. The maximum absolute atomic E-state index is 9.72. The summed E-state index contributed by atoms with van der Waals surface area (Å²) in [6.07, 6.45) is -0.0232. The van der Waals surface area contributed by atoms with Crippen LogP contribution in [0.4, 0.5) is 0 Å². The summed E-state index contributed by atoms with van der Waals surface area (Å²) in [7, 11) is 0. The van der Waals surface area contributed by atoms with E-state index in [4.69, 9.17) is 4.74 Å². The zero-order chi connectivity index (χ0) is 12.0. The fourth-order valence-electron chi connectivity index (χ4n) is 1.22. The van der Waals surface area contributed by atoms with Crippen LogP contribution in [0.15, 0.2) is 36.9 Å². The van der Waals surface area contributed by atoms with Gasteiger partial charge in [0.05, 0.1) is 6.10 Å². The van der Waals surface area contributed by atoms with Gasteiger partial charge in [0, 0.05) is 5.33 Å². The number of alkyl halides is 1. The molecule has 0 aliphatic carbocycles. The lowest BCUT2D eigenvalue weighted by Gasteiger charge is -2.16. The predicted molar refractivity (Wildman–Crippen MR) is 66.9 cm³/mol. The molecular formula is C12H15BrO3. The second-order valence-corrected chi connectivity index (χ2v) is 3.98. The fourth-order valence-corrected chi connectivity index (χ4v) is 1.58. The lowest BCUT2D eigenvalue weighted by molar-refractivity contribution is 0.0342. The van der Waals surface area contributed by atoms with Gasteiger partial charge in [-0.1, -0.05) is 40.7 Å². The molecule has 1 aromatic carbocycles. The van der Waals surface area contributed by atoms with Gasteiger partial charge < -0.3 is 14.9 Å². The van der Waals surface area contributed by atoms with E-state index in [2.05, 4.69) is 22.5 Å². The SMILES string of the molecule is C=CCOc1ccc(C(O)C(O)CBr)cc1. The van der Waals surface area contributed by atoms with E-state index in [9.17, 15) is 10.2 Å². The van der Waals surface area contributed by atoms with Gasteiger partial charge in [-0.25, -0.2) is 0 Å². The molecule has 0 aliphatic heterocycles. The molecule has 16 heavy (non-hydrogen) atoms. The minimum atomic E-state index is -0.882. The second kappa shape index (κ2) is 6.68. The zero-order valence-electron chi connectivity index (χ0n) is 8.84. The fraction of sp³-hybridized carbons (Fsp3) is 0.333. The van der Waals surface area contributed by atoms with Crippen LogP contribution in [0.25, 0.3) is 0 Å². The number of ether oxygens (including phenoxy) is 1. The van der Waals surface area contributed by atoms with Crippen molar-refractivity contribution in [3.05, 3.63) is 42.5 Å². The van der Waals surface area contributed by atoms with Crippen LogP contribution in [0.5, 0.6) is 5.75 Å². The lowest BCUT2D eigenvalue weighted by Crippen LogP contribution is -2.19. The Kier molecular flexibility index (Phi) is 5.52. The smallest absolute Gasteiger partial charge is 0.119 e. The zero-order valence-corrected chi connectivity index (χ0v) is 10.4. The third-order valence-corrected chi connectivity index (χ3v) is 2.78. The summed E-state index contributed by atoms with van der Waals surface area (Å²) in [6.45, 7) is 4.00. The van der Waals surface area contributed by atoms with Crippen LogP contribution >= 0.6 is 15.9 Å². The van der Waals surface area contributed by atoms with E-state index in [1.54, 1.807) is 30.3 Å². The Balaban J connectivity index is 2.66. The van der Waals surface area contributed by atoms with Crippen molar-refractivity contribution in [1.82, 2.24) is 0 Å². The highest BCUT2D eigenvalue weighted by Crippen LogP contribution is 2.21. The number of halogens is 1. The van der Waals surface area contributed by atoms with Gasteiger partial charge in [0.25, 0.3) is 0 Å². The first-order chi connectivity index (χ1) is 7.69. The average molecular weight is 287 g/mol. The van der Waals surface area contributed by atoms with Crippen molar-refractivity contribution < 1.29 is 14.9 Å². The van der Waals surface area contributed by atoms with Crippen molar-refractivity contribution in [2.45, 2.75) is 12.2 Å². The summed E-state index contributed by atoms with van der Waals surface area (Å²) < 4.78 is 5.31. The standard InChI is InChI=1S/C12H15BrO3/c1-2-7-16-10-5-3-9(4-6-10)12(15)11(14)8-13/h2-6,11-12,14-15H,1,7-8H2. The second-order valence-electron chi connectivity index (χ2n) is 3.34. The van der Waals surface area contributed by atoms with Gasteiger partial charge in [-0.3, -0.25) is 0 Å². The van der Waals surface area contributed by atoms with E-state index in [1.807, 2.05) is 0 Å². The normalized spacial score (nSPS) is 14.2. The largest absolute Gasteiger partial charge is 0.490 e. The highest BCUT2D eigenvalue weighted by molar-refractivity contribution is 9.09. The van der Waals surface area contributed by atoms with Crippen LogP contribution in [0.3, 0.4) is 0 Å². The van der Waals surface area contributed by atoms with Gasteiger partial charge in [0.2, 0.25) is 0 Å². The topological polar surface area (TPSA) is 49.7 Å². The molecule has 3 nitrogen and oxygen atoms in total. The highest BCUT2D eigenvalue weighted by atomic mass is 79.9. The molecule has 2 N–H and O–H groups in total. The van der Waals surface area contributed by atoms with Crippen LogP contribution in [-0.4, -0.2) is 28.3 Å². The molecule has 0 heterocycles. The van der Waals surface area contributed by atoms with Crippen LogP contribution < -0.4 is 4.74 Å². The van der Waals surface area contributed by atoms with Crippen molar-refractivity contribution in [1.29, 1.82) is 0 Å². The molecule has 0 radical (unpaired) electrons. The molecule has 88 valence electrons. The summed E-state index contributed by atoms with van der Waals surface area (Å²) in [5, 5.41) is 19.5. The van der Waals surface area contributed by atoms with Gasteiger partial charge in [0.15, 0.2) is 0 Å². The summed E-state index contributed by atoms with van der Waals surface area (Å²) in [5.41, 5.74) is 0.665. The molecule has 0 aromatic heterocycles. The molecular weight excluding hydrogens is 272 g/mol. The number of hydrogen-bond acceptors (Lipinski definition) is 3.